The summed E-state index contributed by atoms with van der Waals surface area (Å²) < 4.78 is 23.5. The standard InChI is InChI=1S/C32H39N3O9/c36-13-11-33-29(37)21-6-3-12-34(21)31(39)32-15-24-25-26(41-17-40-25)28(32)44-35(27(32)30(38)43-24)16-20-5-2-1-4-19(20)9-7-18-8-10-22-23(14-18)42-22/h1-2,4-5,7,9,18,21-28,36H,3,6,8,10-17H2,(H,33,37)/t18?,21-,22?,23?,24-,25+,26+,27+,28-,32+/m1/s1. The number of benzene rings is 1. The second kappa shape index (κ2) is 11.2. The lowest BCUT2D eigenvalue weighted by Crippen LogP contribution is -2.70. The molecular weight excluding hydrogens is 570 g/mol. The highest BCUT2D eigenvalue weighted by Gasteiger charge is 2.75. The minimum Gasteiger partial charge on any atom is -0.458 e. The molecule has 2 N–H and O–H groups in total. The normalized spacial score (nSPS) is 40.5. The van der Waals surface area contributed by atoms with Gasteiger partial charge in [-0.1, -0.05) is 36.4 Å². The molecule has 3 unspecified atom stereocenters. The van der Waals surface area contributed by atoms with Gasteiger partial charge in [0.15, 0.2) is 6.04 Å². The van der Waals surface area contributed by atoms with Gasteiger partial charge in [-0.25, -0.2) is 0 Å². The van der Waals surface area contributed by atoms with E-state index in [2.05, 4.69) is 17.5 Å². The third-order valence-electron chi connectivity index (χ3n) is 10.7. The fourth-order valence-electron chi connectivity index (χ4n) is 8.52. The quantitative estimate of drug-likeness (QED) is 0.323. The molecule has 2 aliphatic carbocycles. The summed E-state index contributed by atoms with van der Waals surface area (Å²) in [6, 6.07) is 6.31. The van der Waals surface area contributed by atoms with Crippen LogP contribution in [0, 0.1) is 11.3 Å². The van der Waals surface area contributed by atoms with Gasteiger partial charge in [-0.2, -0.15) is 5.06 Å². The highest BCUT2D eigenvalue weighted by molar-refractivity contribution is 5.96. The van der Waals surface area contributed by atoms with Gasteiger partial charge >= 0.3 is 5.97 Å². The number of esters is 1. The largest absolute Gasteiger partial charge is 0.458 e. The van der Waals surface area contributed by atoms with Gasteiger partial charge in [0.1, 0.15) is 42.7 Å². The molecule has 7 fully saturated rings. The first-order valence-corrected chi connectivity index (χ1v) is 16.0. The predicted octanol–water partition coefficient (Wildman–Crippen LogP) is 0.908. The summed E-state index contributed by atoms with van der Waals surface area (Å²) in [5, 5.41) is 13.5. The van der Waals surface area contributed by atoms with Crippen molar-refractivity contribution in [3.8, 4) is 0 Å². The third-order valence-corrected chi connectivity index (χ3v) is 10.7. The lowest BCUT2D eigenvalue weighted by Gasteiger charge is -2.50. The fraction of sp³-hybridized carbons (Fsp3) is 0.656. The Morgan fingerprint density at radius 1 is 1.09 bits per heavy atom. The maximum Gasteiger partial charge on any atom is 0.327 e. The number of epoxide rings is 1. The molecule has 1 aromatic rings. The maximum atomic E-state index is 14.8. The molecule has 0 aromatic heterocycles. The van der Waals surface area contributed by atoms with Gasteiger partial charge in [-0.05, 0) is 49.1 Å². The van der Waals surface area contributed by atoms with Crippen LogP contribution in [0.5, 0.6) is 0 Å². The minimum atomic E-state index is -1.30. The molecule has 2 amide bonds. The molecule has 12 heteroatoms. The van der Waals surface area contributed by atoms with Gasteiger partial charge in [0.25, 0.3) is 0 Å². The summed E-state index contributed by atoms with van der Waals surface area (Å²) in [6.07, 6.45) is 7.32. The van der Waals surface area contributed by atoms with E-state index in [9.17, 15) is 19.5 Å². The van der Waals surface area contributed by atoms with Gasteiger partial charge in [-0.15, -0.1) is 0 Å². The van der Waals surface area contributed by atoms with Gasteiger partial charge < -0.3 is 34.3 Å². The van der Waals surface area contributed by atoms with E-state index < -0.39 is 47.9 Å². The van der Waals surface area contributed by atoms with Crippen LogP contribution in [0.2, 0.25) is 0 Å². The third kappa shape index (κ3) is 4.61. The van der Waals surface area contributed by atoms with Crippen LogP contribution in [0.25, 0.3) is 6.08 Å². The summed E-state index contributed by atoms with van der Waals surface area (Å²) in [4.78, 5) is 49.8. The van der Waals surface area contributed by atoms with Crippen molar-refractivity contribution < 1.29 is 43.3 Å². The maximum absolute atomic E-state index is 14.8. The number of nitrogens with zero attached hydrogens (tertiary/aromatic N) is 2. The van der Waals surface area contributed by atoms with Crippen LogP contribution in [-0.2, 0) is 44.7 Å². The zero-order chi connectivity index (χ0) is 30.0. The molecule has 12 nitrogen and oxygen atoms in total. The number of aliphatic hydroxyl groups excluding tert-OH is 1. The first-order chi connectivity index (χ1) is 21.5. The van der Waals surface area contributed by atoms with Crippen molar-refractivity contribution in [3.05, 3.63) is 41.5 Å². The number of aliphatic hydroxyl groups is 1. The molecular formula is C32H39N3O9. The number of hydrogen-bond donors (Lipinski definition) is 2. The van der Waals surface area contributed by atoms with Crippen molar-refractivity contribution in [3.63, 3.8) is 0 Å². The first-order valence-electron chi connectivity index (χ1n) is 16.0. The summed E-state index contributed by atoms with van der Waals surface area (Å²) in [5.41, 5.74) is 0.673. The van der Waals surface area contributed by atoms with E-state index >= 15 is 0 Å². The SMILES string of the molecule is O=C(NCCO)[C@H]1CCCN1C(=O)[C@@]12C[C@H]3OC(=O)[C@@H]1N(Cc1ccccc1C=CC1CCC4OC4C1)O[C@@H]2[C@H]1OCO[C@H]13. The zero-order valence-corrected chi connectivity index (χ0v) is 24.5. The Kier molecular flexibility index (Phi) is 7.27. The van der Waals surface area contributed by atoms with Crippen LogP contribution < -0.4 is 5.32 Å². The number of fused-ring (bicyclic) bond motifs is 5. The second-order valence-corrected chi connectivity index (χ2v) is 13.1. The number of hydrogen-bond acceptors (Lipinski definition) is 10. The van der Waals surface area contributed by atoms with Crippen LogP contribution in [0.4, 0.5) is 0 Å². The summed E-state index contributed by atoms with van der Waals surface area (Å²) in [5.74, 6) is -0.666. The molecule has 5 heterocycles. The molecule has 8 rings (SSSR count). The lowest BCUT2D eigenvalue weighted by molar-refractivity contribution is -0.204. The first kappa shape index (κ1) is 28.6. The molecule has 5 aliphatic heterocycles. The molecule has 236 valence electrons. The number of hydroxylamine groups is 2. The van der Waals surface area contributed by atoms with Gasteiger partial charge in [0.05, 0.1) is 25.4 Å². The summed E-state index contributed by atoms with van der Waals surface area (Å²) in [6.45, 7) is 0.592. The van der Waals surface area contributed by atoms with Crippen molar-refractivity contribution in [1.29, 1.82) is 0 Å². The number of carbonyl (C=O) groups excluding carboxylic acids is 3. The molecule has 0 radical (unpaired) electrons. The number of nitrogens with one attached hydrogen (secondary N) is 1. The average molecular weight is 610 g/mol. The molecule has 2 saturated carbocycles. The Morgan fingerprint density at radius 3 is 2.82 bits per heavy atom. The summed E-state index contributed by atoms with van der Waals surface area (Å²) in [7, 11) is 0. The molecule has 1 aromatic carbocycles. The van der Waals surface area contributed by atoms with Crippen LogP contribution in [0.3, 0.4) is 0 Å². The number of likely N-dealkylation sites (tertiary alicyclic amines) is 1. The Bertz CT molecular complexity index is 1360. The molecule has 7 aliphatic rings. The molecule has 44 heavy (non-hydrogen) atoms. The van der Waals surface area contributed by atoms with Crippen LogP contribution in [-0.4, -0.2) is 108 Å². The van der Waals surface area contributed by atoms with E-state index in [1.54, 1.807) is 9.96 Å². The van der Waals surface area contributed by atoms with Crippen molar-refractivity contribution in [2.24, 2.45) is 11.3 Å². The van der Waals surface area contributed by atoms with Gasteiger partial charge in [-0.3, -0.25) is 19.2 Å². The smallest absolute Gasteiger partial charge is 0.327 e. The Morgan fingerprint density at radius 2 is 1.95 bits per heavy atom. The lowest BCUT2D eigenvalue weighted by atomic mass is 9.62. The number of allylic oxidation sites excluding steroid dienone is 1. The summed E-state index contributed by atoms with van der Waals surface area (Å²) >= 11 is 0. The Hall–Kier alpha value is -2.87. The van der Waals surface area contributed by atoms with Gasteiger partial charge in [0.2, 0.25) is 11.8 Å². The van der Waals surface area contributed by atoms with E-state index in [0.29, 0.717) is 37.5 Å². The minimum absolute atomic E-state index is 0.0233. The fourth-order valence-corrected chi connectivity index (χ4v) is 8.52. The highest BCUT2D eigenvalue weighted by atomic mass is 16.8. The van der Waals surface area contributed by atoms with Crippen molar-refractivity contribution in [2.45, 2.75) is 93.8 Å². The monoisotopic (exact) mass is 609 g/mol. The molecule has 5 saturated heterocycles. The average Bonchev–Trinajstić information content (AvgIpc) is 3.35. The zero-order valence-electron chi connectivity index (χ0n) is 24.5. The van der Waals surface area contributed by atoms with Crippen LogP contribution >= 0.6 is 0 Å². The number of carbonyl (C=O) groups is 3. The Balaban J connectivity index is 1.10. The topological polar surface area (TPSA) is 139 Å². The van der Waals surface area contributed by atoms with E-state index in [1.165, 1.54) is 0 Å². The number of ether oxygens (including phenoxy) is 4. The van der Waals surface area contributed by atoms with E-state index in [4.69, 9.17) is 23.8 Å². The number of amides is 2. The highest BCUT2D eigenvalue weighted by Crippen LogP contribution is 2.56. The van der Waals surface area contributed by atoms with Crippen LogP contribution in [0.15, 0.2) is 30.3 Å². The van der Waals surface area contributed by atoms with Crippen molar-refractivity contribution in [1.82, 2.24) is 15.3 Å². The van der Waals surface area contributed by atoms with E-state index in [-0.39, 0.29) is 44.7 Å². The van der Waals surface area contributed by atoms with Gasteiger partial charge in [0, 0.05) is 19.5 Å². The van der Waals surface area contributed by atoms with E-state index in [0.717, 1.165) is 30.4 Å². The van der Waals surface area contributed by atoms with Crippen molar-refractivity contribution >= 4 is 23.9 Å². The molecule has 10 atom stereocenters. The molecule has 2 bridgehead atoms. The molecule has 0 spiro atoms. The number of rotatable bonds is 8. The second-order valence-electron chi connectivity index (χ2n) is 13.1. The van der Waals surface area contributed by atoms with Crippen molar-refractivity contribution in [2.75, 3.05) is 26.5 Å². The predicted molar refractivity (Wildman–Crippen MR) is 152 cm³/mol. The van der Waals surface area contributed by atoms with E-state index in [1.807, 2.05) is 24.3 Å². The van der Waals surface area contributed by atoms with Crippen LogP contribution in [0.1, 0.15) is 49.7 Å². The Labute approximate surface area is 255 Å².